The molecular formula is C11H15N3. The van der Waals surface area contributed by atoms with Gasteiger partial charge in [-0.3, -0.25) is 4.68 Å². The second kappa shape index (κ2) is 3.42. The van der Waals surface area contributed by atoms with Gasteiger partial charge in [-0.25, -0.2) is 0 Å². The molecule has 0 atom stereocenters. The molecule has 0 unspecified atom stereocenters. The van der Waals surface area contributed by atoms with Crippen molar-refractivity contribution in [2.24, 2.45) is 5.73 Å². The fourth-order valence-electron chi connectivity index (χ4n) is 1.72. The van der Waals surface area contributed by atoms with Crippen LogP contribution in [0.1, 0.15) is 25.5 Å². The first-order valence-electron chi connectivity index (χ1n) is 4.89. The third-order valence-electron chi connectivity index (χ3n) is 2.44. The Morgan fingerprint density at radius 2 is 2.21 bits per heavy atom. The number of hydrogen-bond donors (Lipinski definition) is 1. The lowest BCUT2D eigenvalue weighted by atomic mass is 10.1. The van der Waals surface area contributed by atoms with E-state index in [0.29, 0.717) is 12.6 Å². The van der Waals surface area contributed by atoms with E-state index in [2.05, 4.69) is 31.1 Å². The molecule has 0 amide bonds. The highest BCUT2D eigenvalue weighted by molar-refractivity contribution is 5.82. The number of fused-ring (bicyclic) bond motifs is 1. The van der Waals surface area contributed by atoms with Gasteiger partial charge in [0.15, 0.2) is 0 Å². The summed E-state index contributed by atoms with van der Waals surface area (Å²) in [7, 11) is 0. The molecule has 1 heterocycles. The molecule has 0 aliphatic carbocycles. The molecule has 0 aliphatic heterocycles. The van der Waals surface area contributed by atoms with Crippen LogP contribution in [-0.2, 0) is 6.54 Å². The van der Waals surface area contributed by atoms with Gasteiger partial charge >= 0.3 is 0 Å². The van der Waals surface area contributed by atoms with Crippen LogP contribution in [0.3, 0.4) is 0 Å². The van der Waals surface area contributed by atoms with E-state index in [4.69, 9.17) is 5.73 Å². The Labute approximate surface area is 83.5 Å². The number of aromatic nitrogens is 2. The van der Waals surface area contributed by atoms with Crippen LogP contribution in [0.2, 0.25) is 0 Å². The van der Waals surface area contributed by atoms with Crippen molar-refractivity contribution in [2.75, 3.05) is 0 Å². The van der Waals surface area contributed by atoms with Crippen LogP contribution in [0, 0.1) is 0 Å². The minimum Gasteiger partial charge on any atom is -0.326 e. The highest BCUT2D eigenvalue weighted by atomic mass is 15.3. The van der Waals surface area contributed by atoms with Gasteiger partial charge in [0.1, 0.15) is 0 Å². The van der Waals surface area contributed by atoms with E-state index < -0.39 is 0 Å². The molecule has 0 saturated heterocycles. The van der Waals surface area contributed by atoms with Crippen LogP contribution in [-0.4, -0.2) is 9.78 Å². The molecule has 3 heteroatoms. The van der Waals surface area contributed by atoms with Crippen LogP contribution in [0.25, 0.3) is 10.9 Å². The van der Waals surface area contributed by atoms with E-state index in [0.717, 1.165) is 5.56 Å². The van der Waals surface area contributed by atoms with Crippen LogP contribution in [0.4, 0.5) is 0 Å². The molecule has 0 bridgehead atoms. The Hall–Kier alpha value is -1.35. The van der Waals surface area contributed by atoms with E-state index in [-0.39, 0.29) is 0 Å². The van der Waals surface area contributed by atoms with E-state index in [1.54, 1.807) is 0 Å². The molecule has 2 rings (SSSR count). The Kier molecular flexibility index (Phi) is 2.25. The van der Waals surface area contributed by atoms with Gasteiger partial charge < -0.3 is 5.73 Å². The van der Waals surface area contributed by atoms with E-state index >= 15 is 0 Å². The van der Waals surface area contributed by atoms with Crippen LogP contribution < -0.4 is 5.73 Å². The summed E-state index contributed by atoms with van der Waals surface area (Å²) >= 11 is 0. The highest BCUT2D eigenvalue weighted by Gasteiger charge is 2.07. The van der Waals surface area contributed by atoms with Crippen molar-refractivity contribution in [2.45, 2.75) is 26.4 Å². The number of benzene rings is 1. The number of nitrogens with zero attached hydrogens (tertiary/aromatic N) is 2. The summed E-state index contributed by atoms with van der Waals surface area (Å²) in [4.78, 5) is 0. The molecule has 1 aromatic carbocycles. The van der Waals surface area contributed by atoms with Crippen molar-refractivity contribution >= 4 is 10.9 Å². The van der Waals surface area contributed by atoms with E-state index in [1.807, 2.05) is 16.9 Å². The molecule has 2 aromatic rings. The maximum Gasteiger partial charge on any atom is 0.0688 e. The van der Waals surface area contributed by atoms with Gasteiger partial charge in [0.25, 0.3) is 0 Å². The van der Waals surface area contributed by atoms with Crippen molar-refractivity contribution in [3.05, 3.63) is 30.0 Å². The second-order valence-corrected chi connectivity index (χ2v) is 3.74. The van der Waals surface area contributed by atoms with Crippen LogP contribution in [0.15, 0.2) is 24.4 Å². The Morgan fingerprint density at radius 3 is 2.86 bits per heavy atom. The molecule has 0 fully saturated rings. The fraction of sp³-hybridized carbons (Fsp3) is 0.364. The van der Waals surface area contributed by atoms with E-state index in [9.17, 15) is 0 Å². The summed E-state index contributed by atoms with van der Waals surface area (Å²) in [5.41, 5.74) is 8.00. The molecule has 0 aliphatic rings. The maximum atomic E-state index is 5.66. The topological polar surface area (TPSA) is 43.8 Å². The fourth-order valence-corrected chi connectivity index (χ4v) is 1.72. The zero-order valence-electron chi connectivity index (χ0n) is 8.57. The summed E-state index contributed by atoms with van der Waals surface area (Å²) in [5.74, 6) is 0. The number of hydrogen-bond acceptors (Lipinski definition) is 2. The summed E-state index contributed by atoms with van der Waals surface area (Å²) < 4.78 is 2.02. The van der Waals surface area contributed by atoms with Gasteiger partial charge in [0.05, 0.1) is 11.7 Å². The Bertz CT molecular complexity index is 443. The molecule has 14 heavy (non-hydrogen) atoms. The molecule has 3 nitrogen and oxygen atoms in total. The van der Waals surface area contributed by atoms with Gasteiger partial charge in [-0.2, -0.15) is 5.10 Å². The van der Waals surface area contributed by atoms with Crippen molar-refractivity contribution in [1.82, 2.24) is 9.78 Å². The zero-order chi connectivity index (χ0) is 10.1. The second-order valence-electron chi connectivity index (χ2n) is 3.74. The first-order valence-corrected chi connectivity index (χ1v) is 4.89. The maximum absolute atomic E-state index is 5.66. The van der Waals surface area contributed by atoms with Gasteiger partial charge in [0.2, 0.25) is 0 Å². The zero-order valence-corrected chi connectivity index (χ0v) is 8.57. The lowest BCUT2D eigenvalue weighted by molar-refractivity contribution is 0.551. The number of nitrogens with two attached hydrogens (primary N) is 1. The molecule has 0 spiro atoms. The smallest absolute Gasteiger partial charge is 0.0688 e. The Morgan fingerprint density at radius 1 is 1.43 bits per heavy atom. The lowest BCUT2D eigenvalue weighted by Crippen LogP contribution is -2.02. The third kappa shape index (κ3) is 1.30. The van der Waals surface area contributed by atoms with Crippen LogP contribution >= 0.6 is 0 Å². The first kappa shape index (κ1) is 9.21. The predicted octanol–water partition coefficient (Wildman–Crippen LogP) is 2.08. The first-order chi connectivity index (χ1) is 6.74. The largest absolute Gasteiger partial charge is 0.326 e. The normalized spacial score (nSPS) is 11.4. The van der Waals surface area contributed by atoms with Crippen molar-refractivity contribution < 1.29 is 0 Å². The molecule has 0 saturated carbocycles. The Balaban J connectivity index is 2.69. The van der Waals surface area contributed by atoms with Gasteiger partial charge in [0, 0.05) is 18.0 Å². The number of rotatable bonds is 2. The summed E-state index contributed by atoms with van der Waals surface area (Å²) in [6.45, 7) is 4.82. The predicted molar refractivity (Wildman–Crippen MR) is 58.0 cm³/mol. The average molecular weight is 189 g/mol. The van der Waals surface area contributed by atoms with Crippen LogP contribution in [0.5, 0.6) is 0 Å². The summed E-state index contributed by atoms with van der Waals surface area (Å²) in [6.07, 6.45) is 1.90. The highest BCUT2D eigenvalue weighted by Crippen LogP contribution is 2.20. The van der Waals surface area contributed by atoms with Crippen molar-refractivity contribution in [3.8, 4) is 0 Å². The van der Waals surface area contributed by atoms with Gasteiger partial charge in [-0.1, -0.05) is 12.1 Å². The average Bonchev–Trinajstić information content (AvgIpc) is 2.60. The standard InChI is InChI=1S/C11H15N3/c1-8(2)14-11-5-3-4-9(6-12)10(11)7-13-14/h3-5,7-8H,6,12H2,1-2H3. The molecular weight excluding hydrogens is 174 g/mol. The van der Waals surface area contributed by atoms with Crippen molar-refractivity contribution in [1.29, 1.82) is 0 Å². The third-order valence-corrected chi connectivity index (χ3v) is 2.44. The van der Waals surface area contributed by atoms with E-state index in [1.165, 1.54) is 10.9 Å². The monoisotopic (exact) mass is 189 g/mol. The lowest BCUT2D eigenvalue weighted by Gasteiger charge is -2.07. The molecule has 1 aromatic heterocycles. The van der Waals surface area contributed by atoms with Crippen molar-refractivity contribution in [3.63, 3.8) is 0 Å². The van der Waals surface area contributed by atoms with Gasteiger partial charge in [-0.15, -0.1) is 0 Å². The molecule has 74 valence electrons. The van der Waals surface area contributed by atoms with Gasteiger partial charge in [-0.05, 0) is 25.5 Å². The SMILES string of the molecule is CC(C)n1ncc2c(CN)cccc21. The quantitative estimate of drug-likeness (QED) is 0.786. The minimum absolute atomic E-state index is 0.389. The minimum atomic E-state index is 0.389. The molecule has 2 N–H and O–H groups in total. The summed E-state index contributed by atoms with van der Waals surface area (Å²) in [6, 6.07) is 6.56. The molecule has 0 radical (unpaired) electrons. The summed E-state index contributed by atoms with van der Waals surface area (Å²) in [5, 5.41) is 5.53.